The highest BCUT2D eigenvalue weighted by Crippen LogP contribution is 2.20. The van der Waals surface area contributed by atoms with Crippen molar-refractivity contribution in [2.75, 3.05) is 25.3 Å². The van der Waals surface area contributed by atoms with Crippen LogP contribution in [0.2, 0.25) is 0 Å². The van der Waals surface area contributed by atoms with Gasteiger partial charge in [0.25, 0.3) is 0 Å². The Hall–Kier alpha value is -2.67. The molecule has 2 rings (SSSR count). The Morgan fingerprint density at radius 3 is 2.29 bits per heavy atom. The highest BCUT2D eigenvalue weighted by molar-refractivity contribution is 5.89. The van der Waals surface area contributed by atoms with Crippen LogP contribution in [0.3, 0.4) is 0 Å². The number of hydrogen-bond donors (Lipinski definition) is 1. The van der Waals surface area contributed by atoms with E-state index in [2.05, 4.69) is 12.2 Å². The zero-order valence-electron chi connectivity index (χ0n) is 18.3. The molecule has 170 valence electrons. The number of ether oxygens (including phenoxy) is 2. The quantitative estimate of drug-likeness (QED) is 0.296. The Labute approximate surface area is 183 Å². The molecule has 5 nitrogen and oxygen atoms in total. The number of carbonyl (C=O) groups excluding carboxylic acids is 1. The van der Waals surface area contributed by atoms with Crippen LogP contribution in [0.4, 0.5) is 19.3 Å². The van der Waals surface area contributed by atoms with E-state index in [4.69, 9.17) is 9.47 Å². The Kier molecular flexibility index (Phi) is 10.8. The third-order valence-electron chi connectivity index (χ3n) is 4.82. The molecule has 0 aliphatic carbocycles. The van der Waals surface area contributed by atoms with Gasteiger partial charge in [0, 0.05) is 19.7 Å². The Morgan fingerprint density at radius 2 is 1.65 bits per heavy atom. The second-order valence-corrected chi connectivity index (χ2v) is 7.26. The molecule has 1 N–H and O–H groups in total. The lowest BCUT2D eigenvalue weighted by Crippen LogP contribution is -2.35. The average Bonchev–Trinajstić information content (AvgIpc) is 2.76. The minimum atomic E-state index is -0.799. The molecule has 0 aromatic heterocycles. The minimum absolute atomic E-state index is 0.177. The molecule has 0 aliphatic rings. The molecule has 0 spiro atoms. The summed E-state index contributed by atoms with van der Waals surface area (Å²) >= 11 is 0. The van der Waals surface area contributed by atoms with Crippen molar-refractivity contribution in [3.8, 4) is 5.75 Å². The number of nitrogens with one attached hydrogen (secondary N) is 1. The van der Waals surface area contributed by atoms with Crippen molar-refractivity contribution in [2.45, 2.75) is 52.5 Å². The number of benzene rings is 2. The van der Waals surface area contributed by atoms with Gasteiger partial charge in [-0.1, -0.05) is 50.8 Å². The van der Waals surface area contributed by atoms with Crippen LogP contribution in [0, 0.1) is 11.6 Å². The Morgan fingerprint density at radius 1 is 0.968 bits per heavy atom. The van der Waals surface area contributed by atoms with Crippen LogP contribution in [0.15, 0.2) is 42.5 Å². The van der Waals surface area contributed by atoms with Gasteiger partial charge in [-0.2, -0.15) is 0 Å². The van der Waals surface area contributed by atoms with Crippen LogP contribution in [0.25, 0.3) is 0 Å². The summed E-state index contributed by atoms with van der Waals surface area (Å²) in [5.74, 6) is -0.930. The van der Waals surface area contributed by atoms with Crippen LogP contribution >= 0.6 is 0 Å². The van der Waals surface area contributed by atoms with Crippen LogP contribution in [-0.2, 0) is 11.3 Å². The van der Waals surface area contributed by atoms with Crippen molar-refractivity contribution in [1.82, 2.24) is 4.90 Å². The number of hydrogen-bond acceptors (Lipinski definition) is 3. The molecule has 0 unspecified atom stereocenters. The maximum atomic E-state index is 14.0. The van der Waals surface area contributed by atoms with Gasteiger partial charge in [0.15, 0.2) is 6.79 Å². The first-order valence-corrected chi connectivity index (χ1v) is 10.8. The summed E-state index contributed by atoms with van der Waals surface area (Å²) in [6.07, 6.45) is 5.20. The number of anilines is 1. The molecule has 2 aromatic carbocycles. The molecule has 31 heavy (non-hydrogen) atoms. The second-order valence-electron chi connectivity index (χ2n) is 7.26. The summed E-state index contributed by atoms with van der Waals surface area (Å²) < 4.78 is 38.6. The predicted molar refractivity (Wildman–Crippen MR) is 118 cm³/mol. The van der Waals surface area contributed by atoms with E-state index in [1.54, 1.807) is 4.90 Å². The molecule has 0 radical (unpaired) electrons. The molecule has 2 aromatic rings. The van der Waals surface area contributed by atoms with Crippen molar-refractivity contribution in [1.29, 1.82) is 0 Å². The molecule has 0 heterocycles. The number of halogens is 2. The summed E-state index contributed by atoms with van der Waals surface area (Å²) in [6, 6.07) is 10.3. The maximum absolute atomic E-state index is 14.0. The number of amides is 2. The molecule has 0 bridgehead atoms. The first-order chi connectivity index (χ1) is 15.0. The molecular formula is C24H32F2N2O3. The van der Waals surface area contributed by atoms with E-state index in [-0.39, 0.29) is 6.79 Å². The normalized spacial score (nSPS) is 10.7. The van der Waals surface area contributed by atoms with E-state index in [0.717, 1.165) is 49.8 Å². The number of unbranched alkanes of at least 4 members (excludes halogenated alkanes) is 4. The van der Waals surface area contributed by atoms with Gasteiger partial charge in [0.05, 0.1) is 0 Å². The van der Waals surface area contributed by atoms with E-state index in [1.807, 2.05) is 31.2 Å². The van der Waals surface area contributed by atoms with E-state index in [1.165, 1.54) is 6.07 Å². The van der Waals surface area contributed by atoms with Gasteiger partial charge in [0.2, 0.25) is 0 Å². The van der Waals surface area contributed by atoms with Crippen molar-refractivity contribution in [3.05, 3.63) is 59.7 Å². The van der Waals surface area contributed by atoms with Gasteiger partial charge in [-0.15, -0.1) is 0 Å². The summed E-state index contributed by atoms with van der Waals surface area (Å²) in [4.78, 5) is 14.4. The summed E-state index contributed by atoms with van der Waals surface area (Å²) in [5.41, 5.74) is 0.463. The van der Waals surface area contributed by atoms with Crippen molar-refractivity contribution < 1.29 is 23.0 Å². The summed E-state index contributed by atoms with van der Waals surface area (Å²) in [5, 5.41) is 2.39. The lowest BCUT2D eigenvalue weighted by molar-refractivity contribution is 0.0224. The predicted octanol–water partition coefficient (Wildman–Crippen LogP) is 6.34. The Bertz CT molecular complexity index is 780. The van der Waals surface area contributed by atoms with E-state index >= 15 is 0 Å². The largest absolute Gasteiger partial charge is 0.468 e. The van der Waals surface area contributed by atoms with Crippen LogP contribution in [-0.4, -0.2) is 30.9 Å². The highest BCUT2D eigenvalue weighted by Gasteiger charge is 2.18. The van der Waals surface area contributed by atoms with Gasteiger partial charge >= 0.3 is 6.03 Å². The van der Waals surface area contributed by atoms with Crippen molar-refractivity contribution in [2.24, 2.45) is 0 Å². The first-order valence-electron chi connectivity index (χ1n) is 10.8. The van der Waals surface area contributed by atoms with Gasteiger partial charge in [0.1, 0.15) is 23.1 Å². The van der Waals surface area contributed by atoms with E-state index in [0.29, 0.717) is 25.4 Å². The molecule has 7 heteroatoms. The van der Waals surface area contributed by atoms with Crippen LogP contribution in [0.1, 0.15) is 51.5 Å². The molecule has 0 fully saturated rings. The molecular weight excluding hydrogens is 402 g/mol. The zero-order chi connectivity index (χ0) is 22.5. The zero-order valence-corrected chi connectivity index (χ0v) is 18.3. The fraction of sp³-hybridized carbons (Fsp3) is 0.458. The number of urea groups is 1. The molecule has 0 atom stereocenters. The first kappa shape index (κ1) is 24.6. The fourth-order valence-corrected chi connectivity index (χ4v) is 3.07. The van der Waals surface area contributed by atoms with Gasteiger partial charge in [-0.3, -0.25) is 0 Å². The molecule has 2 amide bonds. The molecule has 0 saturated carbocycles. The van der Waals surface area contributed by atoms with Gasteiger partial charge < -0.3 is 19.7 Å². The van der Waals surface area contributed by atoms with Crippen molar-refractivity contribution >= 4 is 11.7 Å². The number of nitrogens with zero attached hydrogens (tertiary/aromatic N) is 1. The van der Waals surface area contributed by atoms with Gasteiger partial charge in [-0.05, 0) is 43.2 Å². The Balaban J connectivity index is 2.04. The molecule has 0 saturated heterocycles. The highest BCUT2D eigenvalue weighted by atomic mass is 19.1. The van der Waals surface area contributed by atoms with Crippen LogP contribution < -0.4 is 10.1 Å². The van der Waals surface area contributed by atoms with Crippen molar-refractivity contribution in [3.63, 3.8) is 0 Å². The second kappa shape index (κ2) is 13.6. The minimum Gasteiger partial charge on any atom is -0.468 e. The monoisotopic (exact) mass is 434 g/mol. The van der Waals surface area contributed by atoms with E-state index < -0.39 is 23.4 Å². The number of rotatable bonds is 13. The lowest BCUT2D eigenvalue weighted by atomic mass is 10.1. The van der Waals surface area contributed by atoms with Crippen LogP contribution in [0.5, 0.6) is 5.75 Å². The lowest BCUT2D eigenvalue weighted by Gasteiger charge is -2.24. The number of carbonyl (C=O) groups is 1. The summed E-state index contributed by atoms with van der Waals surface area (Å²) in [7, 11) is 0. The maximum Gasteiger partial charge on any atom is 0.322 e. The third kappa shape index (κ3) is 8.53. The third-order valence-corrected chi connectivity index (χ3v) is 4.82. The fourth-order valence-electron chi connectivity index (χ4n) is 3.07. The molecule has 0 aliphatic heterocycles. The SMILES string of the molecule is CCCCCCCN(Cc1ccc(OCOCC)cc1)C(=O)Nc1c(F)cccc1F. The number of para-hydroxylation sites is 1. The topological polar surface area (TPSA) is 50.8 Å². The average molecular weight is 435 g/mol. The smallest absolute Gasteiger partial charge is 0.322 e. The standard InChI is InChI=1S/C24H32F2N2O3/c1-3-5-6-7-8-16-28(24(29)27-23-21(25)10-9-11-22(23)26)17-19-12-14-20(15-13-19)31-18-30-4-2/h9-15H,3-8,16-18H2,1-2H3,(H,27,29). The van der Waals surface area contributed by atoms with E-state index in [9.17, 15) is 13.6 Å². The summed E-state index contributed by atoms with van der Waals surface area (Å²) in [6.45, 7) is 5.60. The van der Waals surface area contributed by atoms with Gasteiger partial charge in [-0.25, -0.2) is 13.6 Å².